The number of hydrogen-bond acceptors (Lipinski definition) is 5. The third-order valence-electron chi connectivity index (χ3n) is 4.49. The van der Waals surface area contributed by atoms with Crippen molar-refractivity contribution in [3.63, 3.8) is 0 Å². The Hall–Kier alpha value is -2.08. The van der Waals surface area contributed by atoms with Crippen molar-refractivity contribution in [2.24, 2.45) is 5.41 Å². The number of aliphatic hydroxyl groups excluding tert-OH is 1. The van der Waals surface area contributed by atoms with E-state index in [0.717, 1.165) is 5.56 Å². The largest absolute Gasteiger partial charge is 0.469 e. The number of methoxy groups -OCH3 is 1. The van der Waals surface area contributed by atoms with Gasteiger partial charge in [0.05, 0.1) is 24.7 Å². The second kappa shape index (κ2) is 7.66. The minimum absolute atomic E-state index is 0.150. The van der Waals surface area contributed by atoms with E-state index in [1.54, 1.807) is 13.8 Å². The number of nitrogens with zero attached hydrogens (tertiary/aromatic N) is 1. The highest BCUT2D eigenvalue weighted by Crippen LogP contribution is 2.34. The highest BCUT2D eigenvalue weighted by Gasteiger charge is 2.48. The average molecular weight is 335 g/mol. The summed E-state index contributed by atoms with van der Waals surface area (Å²) in [6.45, 7) is 3.94. The topological polar surface area (TPSA) is 76.1 Å². The predicted molar refractivity (Wildman–Crippen MR) is 88.2 cm³/mol. The van der Waals surface area contributed by atoms with Crippen molar-refractivity contribution in [2.75, 3.05) is 13.7 Å². The molecule has 0 aromatic heterocycles. The lowest BCUT2D eigenvalue weighted by Crippen LogP contribution is -2.60. The van der Waals surface area contributed by atoms with E-state index in [4.69, 9.17) is 9.47 Å². The molecule has 1 aliphatic rings. The fraction of sp³-hybridized carbons (Fsp3) is 0.556. The van der Waals surface area contributed by atoms with Gasteiger partial charge in [-0.25, -0.2) is 4.79 Å². The first-order valence-corrected chi connectivity index (χ1v) is 8.11. The molecular formula is C18H25NO5. The van der Waals surface area contributed by atoms with Crippen molar-refractivity contribution < 1.29 is 24.2 Å². The molecule has 132 valence electrons. The van der Waals surface area contributed by atoms with Crippen molar-refractivity contribution in [1.82, 2.24) is 4.90 Å². The van der Waals surface area contributed by atoms with Crippen LogP contribution in [0.4, 0.5) is 4.79 Å². The third-order valence-corrected chi connectivity index (χ3v) is 4.49. The number of carbonyl (C=O) groups is 2. The Kier molecular flexibility index (Phi) is 5.83. The van der Waals surface area contributed by atoms with Crippen LogP contribution in [0.5, 0.6) is 0 Å². The van der Waals surface area contributed by atoms with Crippen molar-refractivity contribution in [3.05, 3.63) is 35.9 Å². The normalized spacial score (nSPS) is 21.2. The number of likely N-dealkylation sites (tertiary alicyclic amines) is 1. The number of aliphatic hydroxyl groups is 1. The lowest BCUT2D eigenvalue weighted by Gasteiger charge is -2.45. The quantitative estimate of drug-likeness (QED) is 0.855. The molecule has 24 heavy (non-hydrogen) atoms. The van der Waals surface area contributed by atoms with Gasteiger partial charge in [0.15, 0.2) is 0 Å². The van der Waals surface area contributed by atoms with E-state index < -0.39 is 29.6 Å². The van der Waals surface area contributed by atoms with Crippen LogP contribution >= 0.6 is 0 Å². The number of carbonyl (C=O) groups excluding carboxylic acids is 2. The molecule has 0 saturated carbocycles. The molecule has 1 amide bonds. The van der Waals surface area contributed by atoms with E-state index in [2.05, 4.69) is 0 Å². The highest BCUT2D eigenvalue weighted by molar-refractivity contribution is 5.78. The van der Waals surface area contributed by atoms with E-state index in [9.17, 15) is 14.7 Å². The summed E-state index contributed by atoms with van der Waals surface area (Å²) in [4.78, 5) is 26.1. The molecule has 2 rings (SSSR count). The first kappa shape index (κ1) is 18.3. The first-order chi connectivity index (χ1) is 11.4. The zero-order valence-electron chi connectivity index (χ0n) is 14.4. The lowest BCUT2D eigenvalue weighted by atomic mass is 9.77. The zero-order valence-corrected chi connectivity index (χ0v) is 14.4. The maximum atomic E-state index is 12.5. The summed E-state index contributed by atoms with van der Waals surface area (Å²) in [5, 5.41) is 10.4. The zero-order chi connectivity index (χ0) is 17.7. The Morgan fingerprint density at radius 2 is 1.96 bits per heavy atom. The van der Waals surface area contributed by atoms with Crippen LogP contribution in [0, 0.1) is 5.41 Å². The predicted octanol–water partition coefficient (Wildman–Crippen LogP) is 2.35. The Morgan fingerprint density at radius 1 is 1.29 bits per heavy atom. The Balaban J connectivity index is 2.12. The van der Waals surface area contributed by atoms with Gasteiger partial charge in [-0.15, -0.1) is 0 Å². The van der Waals surface area contributed by atoms with E-state index in [-0.39, 0.29) is 6.61 Å². The van der Waals surface area contributed by atoms with Gasteiger partial charge < -0.3 is 19.5 Å². The smallest absolute Gasteiger partial charge is 0.410 e. The number of piperidine rings is 1. The minimum atomic E-state index is -1.03. The van der Waals surface area contributed by atoms with Gasteiger partial charge in [0.25, 0.3) is 0 Å². The summed E-state index contributed by atoms with van der Waals surface area (Å²) in [6.07, 6.45) is -0.125. The molecular weight excluding hydrogens is 310 g/mol. The standard InChI is InChI=1S/C18H25NO5/c1-18(2,16(21)23-3)15-14(20)10-7-11-19(15)17(22)24-12-13-8-5-4-6-9-13/h4-6,8-9,14-15,20H,7,10-12H2,1-3H3/t14-,15-/m1/s1. The van der Waals surface area contributed by atoms with Gasteiger partial charge in [0, 0.05) is 6.54 Å². The molecule has 1 fully saturated rings. The summed E-state index contributed by atoms with van der Waals surface area (Å²) in [5.74, 6) is -0.464. The van der Waals surface area contributed by atoms with E-state index in [1.165, 1.54) is 12.0 Å². The number of esters is 1. The number of ether oxygens (including phenoxy) is 2. The maximum Gasteiger partial charge on any atom is 0.410 e. The number of hydrogen-bond donors (Lipinski definition) is 1. The van der Waals surface area contributed by atoms with Crippen LogP contribution in [0.15, 0.2) is 30.3 Å². The van der Waals surface area contributed by atoms with Gasteiger partial charge in [0.1, 0.15) is 6.61 Å². The molecule has 1 aliphatic heterocycles. The van der Waals surface area contributed by atoms with Crippen LogP contribution in [-0.2, 0) is 20.9 Å². The molecule has 1 aromatic rings. The number of rotatable bonds is 4. The summed E-state index contributed by atoms with van der Waals surface area (Å²) >= 11 is 0. The first-order valence-electron chi connectivity index (χ1n) is 8.11. The van der Waals surface area contributed by atoms with E-state index in [0.29, 0.717) is 19.4 Å². The second-order valence-electron chi connectivity index (χ2n) is 6.60. The van der Waals surface area contributed by atoms with Crippen molar-refractivity contribution in [3.8, 4) is 0 Å². The molecule has 1 aromatic carbocycles. The van der Waals surface area contributed by atoms with Crippen LogP contribution in [0.3, 0.4) is 0 Å². The van der Waals surface area contributed by atoms with Crippen LogP contribution < -0.4 is 0 Å². The van der Waals surface area contributed by atoms with Gasteiger partial charge in [-0.1, -0.05) is 30.3 Å². The van der Waals surface area contributed by atoms with Crippen molar-refractivity contribution in [2.45, 2.75) is 45.4 Å². The fourth-order valence-electron chi connectivity index (χ4n) is 3.24. The molecule has 1 saturated heterocycles. The van der Waals surface area contributed by atoms with Crippen LogP contribution in [-0.4, -0.2) is 47.9 Å². The monoisotopic (exact) mass is 335 g/mol. The maximum absolute atomic E-state index is 12.5. The molecule has 0 aliphatic carbocycles. The summed E-state index contributed by atoms with van der Waals surface area (Å²) in [6, 6.07) is 8.69. The highest BCUT2D eigenvalue weighted by atomic mass is 16.6. The van der Waals surface area contributed by atoms with Gasteiger partial charge in [-0.3, -0.25) is 4.79 Å². The van der Waals surface area contributed by atoms with Gasteiger partial charge in [-0.2, -0.15) is 0 Å². The van der Waals surface area contributed by atoms with Crippen LogP contribution in [0.25, 0.3) is 0 Å². The van der Waals surface area contributed by atoms with Crippen LogP contribution in [0.1, 0.15) is 32.3 Å². The summed E-state index contributed by atoms with van der Waals surface area (Å²) in [7, 11) is 1.30. The molecule has 0 unspecified atom stereocenters. The lowest BCUT2D eigenvalue weighted by molar-refractivity contribution is -0.159. The van der Waals surface area contributed by atoms with E-state index >= 15 is 0 Å². The van der Waals surface area contributed by atoms with Gasteiger partial charge >= 0.3 is 12.1 Å². The number of benzene rings is 1. The molecule has 0 spiro atoms. The molecule has 1 N–H and O–H groups in total. The molecule has 1 heterocycles. The van der Waals surface area contributed by atoms with Crippen LogP contribution in [0.2, 0.25) is 0 Å². The fourth-order valence-corrected chi connectivity index (χ4v) is 3.24. The van der Waals surface area contributed by atoms with Crippen molar-refractivity contribution >= 4 is 12.1 Å². The van der Waals surface area contributed by atoms with E-state index in [1.807, 2.05) is 30.3 Å². The average Bonchev–Trinajstić information content (AvgIpc) is 2.59. The Labute approximate surface area is 142 Å². The number of amides is 1. The molecule has 2 atom stereocenters. The van der Waals surface area contributed by atoms with Gasteiger partial charge in [-0.05, 0) is 32.3 Å². The summed E-state index contributed by atoms with van der Waals surface area (Å²) < 4.78 is 10.2. The Bertz CT molecular complexity index is 572. The molecule has 6 heteroatoms. The molecule has 0 radical (unpaired) electrons. The van der Waals surface area contributed by atoms with Gasteiger partial charge in [0.2, 0.25) is 0 Å². The molecule has 0 bridgehead atoms. The molecule has 6 nitrogen and oxygen atoms in total. The van der Waals surface area contributed by atoms with Crippen molar-refractivity contribution in [1.29, 1.82) is 0 Å². The third kappa shape index (κ3) is 3.87. The Morgan fingerprint density at radius 3 is 2.58 bits per heavy atom. The minimum Gasteiger partial charge on any atom is -0.469 e. The second-order valence-corrected chi connectivity index (χ2v) is 6.60. The summed E-state index contributed by atoms with van der Waals surface area (Å²) in [5.41, 5.74) is -0.146. The SMILES string of the molecule is COC(=O)C(C)(C)[C@H]1[C@H](O)CCCN1C(=O)OCc1ccccc1.